The van der Waals surface area contributed by atoms with Crippen LogP contribution < -0.4 is 5.32 Å². The highest BCUT2D eigenvalue weighted by Gasteiger charge is 2.15. The summed E-state index contributed by atoms with van der Waals surface area (Å²) in [7, 11) is 1.33. The molecule has 0 radical (unpaired) electrons. The van der Waals surface area contributed by atoms with Gasteiger partial charge in [0.2, 0.25) is 0 Å². The van der Waals surface area contributed by atoms with Gasteiger partial charge >= 0.3 is 5.97 Å². The number of hydrogen-bond acceptors (Lipinski definition) is 5. The summed E-state index contributed by atoms with van der Waals surface area (Å²) in [6.45, 7) is 1.73. The molecule has 0 aliphatic carbocycles. The van der Waals surface area contributed by atoms with Crippen molar-refractivity contribution in [2.75, 3.05) is 12.4 Å². The van der Waals surface area contributed by atoms with E-state index in [1.165, 1.54) is 30.6 Å². The van der Waals surface area contributed by atoms with Crippen molar-refractivity contribution in [3.05, 3.63) is 40.7 Å². The molecular weight excluding hydrogens is 255 g/mol. The van der Waals surface area contributed by atoms with Crippen molar-refractivity contribution in [2.24, 2.45) is 0 Å². The number of carbonyl (C=O) groups excluding carboxylic acids is 1. The van der Waals surface area contributed by atoms with Gasteiger partial charge in [-0.1, -0.05) is 11.3 Å². The van der Waals surface area contributed by atoms with Crippen LogP contribution in [-0.2, 0) is 4.74 Å². The Morgan fingerprint density at radius 2 is 2.06 bits per heavy atom. The second-order valence-electron chi connectivity index (χ2n) is 3.56. The lowest BCUT2D eigenvalue weighted by Gasteiger charge is -2.01. The molecule has 0 bridgehead atoms. The van der Waals surface area contributed by atoms with Crippen LogP contribution in [-0.4, -0.2) is 18.1 Å². The highest BCUT2D eigenvalue weighted by Crippen LogP contribution is 2.26. The summed E-state index contributed by atoms with van der Waals surface area (Å²) in [5.74, 6) is -0.705. The molecule has 1 aromatic carbocycles. The maximum atomic E-state index is 12.7. The molecule has 0 fully saturated rings. The summed E-state index contributed by atoms with van der Waals surface area (Å²) in [5.41, 5.74) is 1.32. The summed E-state index contributed by atoms with van der Waals surface area (Å²) >= 11 is 1.20. The number of methoxy groups -OCH3 is 1. The quantitative estimate of drug-likeness (QED) is 0.867. The number of rotatable bonds is 3. The molecule has 0 aliphatic rings. The smallest absolute Gasteiger partial charge is 0.350 e. The average molecular weight is 266 g/mol. The fraction of sp³-hybridized carbons (Fsp3) is 0.167. The second kappa shape index (κ2) is 5.14. The first-order valence-electron chi connectivity index (χ1n) is 5.18. The number of aryl methyl sites for hydroxylation is 1. The maximum Gasteiger partial charge on any atom is 0.350 e. The molecule has 4 nitrogen and oxygen atoms in total. The van der Waals surface area contributed by atoms with Crippen LogP contribution in [0.4, 0.5) is 15.2 Å². The van der Waals surface area contributed by atoms with E-state index < -0.39 is 5.97 Å². The largest absolute Gasteiger partial charge is 0.465 e. The van der Waals surface area contributed by atoms with Gasteiger partial charge in [0, 0.05) is 5.69 Å². The number of hydrogen-bond donors (Lipinski definition) is 1. The number of aromatic nitrogens is 1. The molecule has 1 heterocycles. The summed E-state index contributed by atoms with van der Waals surface area (Å²) < 4.78 is 17.4. The molecule has 2 rings (SSSR count). The van der Waals surface area contributed by atoms with Crippen LogP contribution in [0.3, 0.4) is 0 Å². The summed E-state index contributed by atoms with van der Waals surface area (Å²) in [4.78, 5) is 16.1. The zero-order chi connectivity index (χ0) is 13.1. The van der Waals surface area contributed by atoms with Crippen LogP contribution in [0.2, 0.25) is 0 Å². The Morgan fingerprint density at radius 3 is 2.67 bits per heavy atom. The van der Waals surface area contributed by atoms with Crippen LogP contribution in [0.25, 0.3) is 0 Å². The third kappa shape index (κ3) is 2.65. The van der Waals surface area contributed by atoms with Gasteiger partial charge < -0.3 is 10.1 Å². The van der Waals surface area contributed by atoms with E-state index in [4.69, 9.17) is 0 Å². The Morgan fingerprint density at radius 1 is 1.39 bits per heavy atom. The standard InChI is InChI=1S/C12H11FN2O2S/c1-7-10(11(16)17-2)18-12(14-7)15-9-5-3-8(13)4-6-9/h3-6H,1-2H3,(H,14,15). The first-order valence-corrected chi connectivity index (χ1v) is 6.00. The molecule has 0 aliphatic heterocycles. The minimum absolute atomic E-state index is 0.300. The van der Waals surface area contributed by atoms with Crippen LogP contribution in [0.1, 0.15) is 15.4 Å². The van der Waals surface area contributed by atoms with Gasteiger partial charge in [0.15, 0.2) is 5.13 Å². The fourth-order valence-corrected chi connectivity index (χ4v) is 2.29. The lowest BCUT2D eigenvalue weighted by molar-refractivity contribution is 0.0605. The topological polar surface area (TPSA) is 51.2 Å². The number of nitrogens with one attached hydrogen (secondary N) is 1. The lowest BCUT2D eigenvalue weighted by atomic mass is 10.3. The van der Waals surface area contributed by atoms with Crippen molar-refractivity contribution >= 4 is 28.1 Å². The van der Waals surface area contributed by atoms with Crippen molar-refractivity contribution in [3.8, 4) is 0 Å². The van der Waals surface area contributed by atoms with Crippen LogP contribution in [0.5, 0.6) is 0 Å². The van der Waals surface area contributed by atoms with Crippen molar-refractivity contribution in [1.29, 1.82) is 0 Å². The van der Waals surface area contributed by atoms with Crippen molar-refractivity contribution in [1.82, 2.24) is 4.98 Å². The zero-order valence-electron chi connectivity index (χ0n) is 9.86. The molecule has 0 amide bonds. The molecule has 0 unspecified atom stereocenters. The summed E-state index contributed by atoms with van der Waals surface area (Å²) in [6.07, 6.45) is 0. The molecule has 0 saturated heterocycles. The number of esters is 1. The number of anilines is 2. The van der Waals surface area contributed by atoms with E-state index in [0.717, 1.165) is 0 Å². The molecule has 18 heavy (non-hydrogen) atoms. The van der Waals surface area contributed by atoms with Crippen LogP contribution >= 0.6 is 11.3 Å². The SMILES string of the molecule is COC(=O)c1sc(Nc2ccc(F)cc2)nc1C. The van der Waals surface area contributed by atoms with E-state index in [1.807, 2.05) is 0 Å². The molecule has 1 N–H and O–H groups in total. The Kier molecular flexibility index (Phi) is 3.57. The third-order valence-electron chi connectivity index (χ3n) is 2.26. The maximum absolute atomic E-state index is 12.7. The predicted octanol–water partition coefficient (Wildman–Crippen LogP) is 3.12. The van der Waals surface area contributed by atoms with Gasteiger partial charge in [0.1, 0.15) is 10.7 Å². The second-order valence-corrected chi connectivity index (χ2v) is 4.56. The number of ether oxygens (including phenoxy) is 1. The van der Waals surface area contributed by atoms with Gasteiger partial charge in [0.25, 0.3) is 0 Å². The molecule has 6 heteroatoms. The lowest BCUT2D eigenvalue weighted by Crippen LogP contribution is -1.99. The highest BCUT2D eigenvalue weighted by atomic mass is 32.1. The minimum Gasteiger partial charge on any atom is -0.465 e. The average Bonchev–Trinajstić information content (AvgIpc) is 2.72. The molecule has 0 spiro atoms. The van der Waals surface area contributed by atoms with E-state index >= 15 is 0 Å². The first-order chi connectivity index (χ1) is 8.60. The fourth-order valence-electron chi connectivity index (χ4n) is 1.39. The van der Waals surface area contributed by atoms with Gasteiger partial charge in [-0.2, -0.15) is 0 Å². The minimum atomic E-state index is -0.405. The van der Waals surface area contributed by atoms with Crippen molar-refractivity contribution in [2.45, 2.75) is 6.92 Å². The first kappa shape index (κ1) is 12.5. The molecule has 94 valence electrons. The Balaban J connectivity index is 2.20. The van der Waals surface area contributed by atoms with Crippen LogP contribution in [0.15, 0.2) is 24.3 Å². The number of carbonyl (C=O) groups is 1. The van der Waals surface area contributed by atoms with E-state index in [9.17, 15) is 9.18 Å². The molecule has 0 atom stereocenters. The van der Waals surface area contributed by atoms with Gasteiger partial charge in [-0.05, 0) is 31.2 Å². The van der Waals surface area contributed by atoms with Crippen molar-refractivity contribution < 1.29 is 13.9 Å². The molecule has 1 aromatic heterocycles. The van der Waals surface area contributed by atoms with E-state index in [0.29, 0.717) is 21.4 Å². The van der Waals surface area contributed by atoms with Gasteiger partial charge in [-0.25, -0.2) is 14.2 Å². The van der Waals surface area contributed by atoms with Gasteiger partial charge in [-0.15, -0.1) is 0 Å². The van der Waals surface area contributed by atoms with Crippen molar-refractivity contribution in [3.63, 3.8) is 0 Å². The molecule has 0 saturated carbocycles. The molecular formula is C12H11FN2O2S. The number of thiazole rings is 1. The normalized spacial score (nSPS) is 10.2. The molecule has 2 aromatic rings. The number of nitrogens with zero attached hydrogens (tertiary/aromatic N) is 1. The third-order valence-corrected chi connectivity index (χ3v) is 3.32. The Hall–Kier alpha value is -1.95. The van der Waals surface area contributed by atoms with Gasteiger partial charge in [-0.3, -0.25) is 0 Å². The zero-order valence-corrected chi connectivity index (χ0v) is 10.7. The van der Waals surface area contributed by atoms with Crippen LogP contribution in [0, 0.1) is 12.7 Å². The number of halogens is 1. The summed E-state index contributed by atoms with van der Waals surface area (Å²) in [5, 5.41) is 3.57. The van der Waals surface area contributed by atoms with E-state index in [2.05, 4.69) is 15.0 Å². The Bertz CT molecular complexity index is 566. The highest BCUT2D eigenvalue weighted by molar-refractivity contribution is 7.17. The summed E-state index contributed by atoms with van der Waals surface area (Å²) in [6, 6.07) is 5.90. The van der Waals surface area contributed by atoms with E-state index in [-0.39, 0.29) is 5.82 Å². The monoisotopic (exact) mass is 266 g/mol. The number of benzene rings is 1. The van der Waals surface area contributed by atoms with Gasteiger partial charge in [0.05, 0.1) is 12.8 Å². The predicted molar refractivity (Wildman–Crippen MR) is 67.9 cm³/mol. The van der Waals surface area contributed by atoms with E-state index in [1.54, 1.807) is 19.1 Å². The Labute approximate surface area is 107 Å².